The highest BCUT2D eigenvalue weighted by molar-refractivity contribution is 5.18. The highest BCUT2D eigenvalue weighted by atomic mass is 16.6. The molecule has 0 aliphatic heterocycles. The SMILES string of the molecule is CC(=C(N)NC1=CCC=CC1)[N+](=O)[O-]. The molecule has 0 amide bonds. The normalized spacial score (nSPS) is 17.1. The maximum Gasteiger partial charge on any atom is 0.282 e. The van der Waals surface area contributed by atoms with Crippen molar-refractivity contribution in [3.63, 3.8) is 0 Å². The van der Waals surface area contributed by atoms with Gasteiger partial charge in [0.05, 0.1) is 4.92 Å². The van der Waals surface area contributed by atoms with Crippen molar-refractivity contribution in [2.75, 3.05) is 0 Å². The number of rotatable bonds is 3. The molecule has 0 heterocycles. The molecule has 14 heavy (non-hydrogen) atoms. The minimum absolute atomic E-state index is 0.0551. The lowest BCUT2D eigenvalue weighted by Gasteiger charge is -2.11. The molecule has 1 aliphatic rings. The zero-order valence-corrected chi connectivity index (χ0v) is 7.99. The molecular formula is C9H13N3O2. The first kappa shape index (κ1) is 10.3. The van der Waals surface area contributed by atoms with E-state index in [1.165, 1.54) is 6.92 Å². The van der Waals surface area contributed by atoms with Crippen molar-refractivity contribution in [1.29, 1.82) is 0 Å². The number of hydrogen-bond donors (Lipinski definition) is 2. The predicted molar refractivity (Wildman–Crippen MR) is 53.5 cm³/mol. The molecule has 0 aromatic carbocycles. The Balaban J connectivity index is 2.64. The molecule has 0 bridgehead atoms. The summed E-state index contributed by atoms with van der Waals surface area (Å²) in [6.45, 7) is 1.38. The van der Waals surface area contributed by atoms with Crippen molar-refractivity contribution >= 4 is 0 Å². The second-order valence-corrected chi connectivity index (χ2v) is 3.02. The van der Waals surface area contributed by atoms with Gasteiger partial charge >= 0.3 is 0 Å². The molecule has 0 aromatic heterocycles. The number of nitrogens with two attached hydrogens (primary N) is 1. The van der Waals surface area contributed by atoms with Crippen molar-refractivity contribution in [2.24, 2.45) is 5.73 Å². The average Bonchev–Trinajstić information content (AvgIpc) is 2.18. The standard InChI is InChI=1S/C9H13N3O2/c1-7(12(13)14)9(10)11-8-5-3-2-4-6-8/h2-3,6,11H,4-5,10H2,1H3. The van der Waals surface area contributed by atoms with E-state index in [1.807, 2.05) is 18.2 Å². The highest BCUT2D eigenvalue weighted by Crippen LogP contribution is 2.09. The zero-order chi connectivity index (χ0) is 10.6. The average molecular weight is 195 g/mol. The van der Waals surface area contributed by atoms with Gasteiger partial charge in [-0.1, -0.05) is 18.2 Å². The lowest BCUT2D eigenvalue weighted by atomic mass is 10.1. The molecule has 0 aromatic rings. The highest BCUT2D eigenvalue weighted by Gasteiger charge is 2.10. The molecule has 1 rings (SSSR count). The van der Waals surface area contributed by atoms with E-state index in [9.17, 15) is 10.1 Å². The summed E-state index contributed by atoms with van der Waals surface area (Å²) in [5.74, 6) is 0.108. The maximum absolute atomic E-state index is 10.4. The molecule has 0 atom stereocenters. The van der Waals surface area contributed by atoms with Crippen LogP contribution in [-0.2, 0) is 0 Å². The number of nitrogens with one attached hydrogen (secondary N) is 1. The minimum Gasteiger partial charge on any atom is -0.380 e. The van der Waals surface area contributed by atoms with Gasteiger partial charge in [-0.15, -0.1) is 0 Å². The quantitative estimate of drug-likeness (QED) is 0.403. The van der Waals surface area contributed by atoms with E-state index in [0.29, 0.717) is 0 Å². The predicted octanol–water partition coefficient (Wildman–Crippen LogP) is 1.23. The van der Waals surface area contributed by atoms with E-state index in [1.54, 1.807) is 0 Å². The topological polar surface area (TPSA) is 81.2 Å². The van der Waals surface area contributed by atoms with Gasteiger partial charge in [0.15, 0.2) is 5.82 Å². The molecule has 0 spiro atoms. The summed E-state index contributed by atoms with van der Waals surface area (Å²) in [5.41, 5.74) is 6.36. The monoisotopic (exact) mass is 195 g/mol. The first-order valence-electron chi connectivity index (χ1n) is 4.33. The van der Waals surface area contributed by atoms with Crippen LogP contribution in [0.3, 0.4) is 0 Å². The fraction of sp³-hybridized carbons (Fsp3) is 0.333. The van der Waals surface area contributed by atoms with E-state index >= 15 is 0 Å². The Morgan fingerprint density at radius 1 is 1.64 bits per heavy atom. The first-order chi connectivity index (χ1) is 6.61. The third-order valence-corrected chi connectivity index (χ3v) is 1.96. The lowest BCUT2D eigenvalue weighted by molar-refractivity contribution is -0.426. The van der Waals surface area contributed by atoms with E-state index in [-0.39, 0.29) is 11.5 Å². The Morgan fingerprint density at radius 2 is 2.36 bits per heavy atom. The van der Waals surface area contributed by atoms with Crippen LogP contribution < -0.4 is 11.1 Å². The van der Waals surface area contributed by atoms with Crippen molar-refractivity contribution in [3.8, 4) is 0 Å². The Kier molecular flexibility index (Phi) is 3.28. The number of nitro groups is 1. The molecule has 0 saturated carbocycles. The summed E-state index contributed by atoms with van der Waals surface area (Å²) in [5, 5.41) is 13.2. The summed E-state index contributed by atoms with van der Waals surface area (Å²) in [6, 6.07) is 0. The van der Waals surface area contributed by atoms with Crippen LogP contribution in [0.2, 0.25) is 0 Å². The molecule has 0 radical (unpaired) electrons. The van der Waals surface area contributed by atoms with E-state index in [0.717, 1.165) is 18.5 Å². The maximum atomic E-state index is 10.4. The molecule has 5 nitrogen and oxygen atoms in total. The van der Waals surface area contributed by atoms with Crippen LogP contribution in [0.15, 0.2) is 35.4 Å². The van der Waals surface area contributed by atoms with Crippen molar-refractivity contribution in [3.05, 3.63) is 45.6 Å². The summed E-state index contributed by atoms with van der Waals surface area (Å²) >= 11 is 0. The van der Waals surface area contributed by atoms with Crippen LogP contribution in [0.5, 0.6) is 0 Å². The third kappa shape index (κ3) is 2.62. The summed E-state index contributed by atoms with van der Waals surface area (Å²) in [7, 11) is 0. The summed E-state index contributed by atoms with van der Waals surface area (Å²) in [4.78, 5) is 9.88. The number of nitrogens with zero attached hydrogens (tertiary/aromatic N) is 1. The van der Waals surface area contributed by atoms with Gasteiger partial charge in [-0.05, 0) is 6.42 Å². The second-order valence-electron chi connectivity index (χ2n) is 3.02. The Morgan fingerprint density at radius 3 is 2.86 bits per heavy atom. The molecule has 0 fully saturated rings. The van der Waals surface area contributed by atoms with Crippen molar-refractivity contribution < 1.29 is 4.92 Å². The van der Waals surface area contributed by atoms with Gasteiger partial charge < -0.3 is 11.1 Å². The van der Waals surface area contributed by atoms with Crippen LogP contribution in [0, 0.1) is 10.1 Å². The Hall–Kier alpha value is -1.78. The van der Waals surface area contributed by atoms with E-state index < -0.39 is 4.92 Å². The van der Waals surface area contributed by atoms with Gasteiger partial charge in [-0.3, -0.25) is 10.1 Å². The lowest BCUT2D eigenvalue weighted by Crippen LogP contribution is -2.23. The van der Waals surface area contributed by atoms with Crippen LogP contribution >= 0.6 is 0 Å². The van der Waals surface area contributed by atoms with Crippen molar-refractivity contribution in [2.45, 2.75) is 19.8 Å². The Bertz CT molecular complexity index is 329. The van der Waals surface area contributed by atoms with Crippen molar-refractivity contribution in [1.82, 2.24) is 5.32 Å². The van der Waals surface area contributed by atoms with Gasteiger partial charge in [0.2, 0.25) is 0 Å². The molecule has 3 N–H and O–H groups in total. The smallest absolute Gasteiger partial charge is 0.282 e. The van der Waals surface area contributed by atoms with Gasteiger partial charge in [0, 0.05) is 19.0 Å². The minimum atomic E-state index is -0.498. The zero-order valence-electron chi connectivity index (χ0n) is 7.99. The van der Waals surface area contributed by atoms with Gasteiger partial charge in [0.1, 0.15) is 0 Å². The molecule has 5 heteroatoms. The van der Waals surface area contributed by atoms with Crippen LogP contribution in [0.4, 0.5) is 0 Å². The van der Waals surface area contributed by atoms with Gasteiger partial charge in [-0.25, -0.2) is 0 Å². The molecule has 0 unspecified atom stereocenters. The Labute approximate surface area is 82.1 Å². The molecule has 0 saturated heterocycles. The van der Waals surface area contributed by atoms with Crippen LogP contribution in [0.1, 0.15) is 19.8 Å². The van der Waals surface area contributed by atoms with Crippen LogP contribution in [0.25, 0.3) is 0 Å². The molecule has 1 aliphatic carbocycles. The third-order valence-electron chi connectivity index (χ3n) is 1.96. The molecular weight excluding hydrogens is 182 g/mol. The number of allylic oxidation sites excluding steroid dienone is 4. The van der Waals surface area contributed by atoms with E-state index in [4.69, 9.17) is 5.73 Å². The van der Waals surface area contributed by atoms with Crippen LogP contribution in [-0.4, -0.2) is 4.92 Å². The number of hydrogen-bond acceptors (Lipinski definition) is 4. The van der Waals surface area contributed by atoms with Gasteiger partial charge in [0.25, 0.3) is 5.70 Å². The van der Waals surface area contributed by atoms with E-state index in [2.05, 4.69) is 5.32 Å². The summed E-state index contributed by atoms with van der Waals surface area (Å²) in [6.07, 6.45) is 7.57. The second kappa shape index (κ2) is 4.45. The fourth-order valence-electron chi connectivity index (χ4n) is 1.06. The summed E-state index contributed by atoms with van der Waals surface area (Å²) < 4.78 is 0. The van der Waals surface area contributed by atoms with Gasteiger partial charge in [-0.2, -0.15) is 0 Å². The fourth-order valence-corrected chi connectivity index (χ4v) is 1.06. The molecule has 76 valence electrons. The first-order valence-corrected chi connectivity index (χ1v) is 4.33. The largest absolute Gasteiger partial charge is 0.380 e.